The van der Waals surface area contributed by atoms with Crippen molar-refractivity contribution in [1.82, 2.24) is 4.57 Å². The number of hydrogen-bond acceptors (Lipinski definition) is 2. The van der Waals surface area contributed by atoms with E-state index in [2.05, 4.69) is 0 Å². The number of nitrogens with zero attached hydrogens (tertiary/aromatic N) is 1. The van der Waals surface area contributed by atoms with E-state index in [4.69, 9.17) is 0 Å². The molecule has 0 amide bonds. The highest BCUT2D eigenvalue weighted by molar-refractivity contribution is 5.77. The molecule has 15 heavy (non-hydrogen) atoms. The molecule has 4 heteroatoms. The van der Waals surface area contributed by atoms with Crippen molar-refractivity contribution in [2.75, 3.05) is 0 Å². The molecule has 80 valence electrons. The zero-order chi connectivity index (χ0) is 10.9. The largest absolute Gasteiger partial charge is 0.479 e. The second kappa shape index (κ2) is 3.53. The Morgan fingerprint density at radius 2 is 1.80 bits per heavy atom. The summed E-state index contributed by atoms with van der Waals surface area (Å²) in [7, 11) is 0. The van der Waals surface area contributed by atoms with E-state index < -0.39 is 11.5 Å². The minimum Gasteiger partial charge on any atom is -0.479 e. The van der Waals surface area contributed by atoms with Crippen LogP contribution in [0.4, 0.5) is 0 Å². The van der Waals surface area contributed by atoms with E-state index >= 15 is 0 Å². The van der Waals surface area contributed by atoms with Crippen LogP contribution in [0.2, 0.25) is 0 Å². The van der Waals surface area contributed by atoms with Gasteiger partial charge in [0, 0.05) is 24.5 Å². The van der Waals surface area contributed by atoms with E-state index in [9.17, 15) is 14.7 Å². The molecular formula is C11H13NO3. The van der Waals surface area contributed by atoms with Crippen molar-refractivity contribution < 1.29 is 9.90 Å². The van der Waals surface area contributed by atoms with Crippen LogP contribution in [-0.4, -0.2) is 15.6 Å². The molecule has 0 saturated heterocycles. The fraction of sp³-hybridized carbons (Fsp3) is 0.455. The summed E-state index contributed by atoms with van der Waals surface area (Å²) in [6, 6.07) is 2.81. The first-order valence-electron chi connectivity index (χ1n) is 5.07. The van der Waals surface area contributed by atoms with Crippen LogP contribution in [0, 0.1) is 0 Å². The predicted molar refractivity (Wildman–Crippen MR) is 54.8 cm³/mol. The van der Waals surface area contributed by atoms with Crippen molar-refractivity contribution in [2.45, 2.75) is 31.2 Å². The number of carbonyl (C=O) groups is 1. The second-order valence-electron chi connectivity index (χ2n) is 3.98. The molecule has 1 saturated carbocycles. The summed E-state index contributed by atoms with van der Waals surface area (Å²) in [5.74, 6) is -0.802. The number of pyridine rings is 1. The van der Waals surface area contributed by atoms with Crippen LogP contribution in [0.15, 0.2) is 29.3 Å². The highest BCUT2D eigenvalue weighted by Crippen LogP contribution is 2.36. The van der Waals surface area contributed by atoms with E-state index in [1.807, 2.05) is 0 Å². The predicted octanol–water partition coefficient (Wildman–Crippen LogP) is 1.20. The lowest BCUT2D eigenvalue weighted by atomic mass is 9.97. The van der Waals surface area contributed by atoms with Gasteiger partial charge in [0.1, 0.15) is 5.54 Å². The Balaban J connectivity index is 2.45. The maximum atomic E-state index is 11.3. The van der Waals surface area contributed by atoms with Crippen molar-refractivity contribution in [1.29, 1.82) is 0 Å². The first kappa shape index (κ1) is 9.96. The van der Waals surface area contributed by atoms with E-state index in [-0.39, 0.29) is 5.43 Å². The monoisotopic (exact) mass is 207 g/mol. The van der Waals surface area contributed by atoms with Crippen molar-refractivity contribution in [3.05, 3.63) is 34.7 Å². The lowest BCUT2D eigenvalue weighted by Crippen LogP contribution is -2.39. The highest BCUT2D eigenvalue weighted by atomic mass is 16.4. The normalized spacial score (nSPS) is 18.9. The van der Waals surface area contributed by atoms with Gasteiger partial charge < -0.3 is 9.67 Å². The Morgan fingerprint density at radius 1 is 1.27 bits per heavy atom. The molecule has 1 fully saturated rings. The van der Waals surface area contributed by atoms with E-state index in [1.54, 1.807) is 17.0 Å². The van der Waals surface area contributed by atoms with Gasteiger partial charge in [0.2, 0.25) is 0 Å². The van der Waals surface area contributed by atoms with Crippen molar-refractivity contribution in [3.63, 3.8) is 0 Å². The third-order valence-corrected chi connectivity index (χ3v) is 3.12. The average Bonchev–Trinajstić information content (AvgIpc) is 2.69. The molecule has 1 heterocycles. The molecular weight excluding hydrogens is 194 g/mol. The second-order valence-corrected chi connectivity index (χ2v) is 3.98. The molecule has 0 aliphatic heterocycles. The Bertz CT molecular complexity index is 409. The molecule has 0 aromatic carbocycles. The van der Waals surface area contributed by atoms with Crippen LogP contribution in [0.3, 0.4) is 0 Å². The van der Waals surface area contributed by atoms with Gasteiger partial charge in [0.25, 0.3) is 0 Å². The summed E-state index contributed by atoms with van der Waals surface area (Å²) in [6.45, 7) is 0. The summed E-state index contributed by atoms with van der Waals surface area (Å²) >= 11 is 0. The molecule has 4 nitrogen and oxygen atoms in total. The number of carboxylic acid groups (broad SMARTS) is 1. The summed E-state index contributed by atoms with van der Waals surface area (Å²) < 4.78 is 1.66. The van der Waals surface area contributed by atoms with Crippen molar-refractivity contribution >= 4 is 5.97 Å². The molecule has 0 bridgehead atoms. The number of hydrogen-bond donors (Lipinski definition) is 1. The van der Waals surface area contributed by atoms with Gasteiger partial charge in [-0.3, -0.25) is 4.79 Å². The zero-order valence-corrected chi connectivity index (χ0v) is 8.35. The van der Waals surface area contributed by atoms with E-state index in [0.29, 0.717) is 12.8 Å². The molecule has 1 aliphatic rings. The number of carboxylic acids is 1. The van der Waals surface area contributed by atoms with Crippen LogP contribution in [0.1, 0.15) is 25.7 Å². The lowest BCUT2D eigenvalue weighted by Gasteiger charge is -2.27. The molecule has 1 aromatic rings. The Labute approximate surface area is 87.2 Å². The lowest BCUT2D eigenvalue weighted by molar-refractivity contribution is -0.147. The van der Waals surface area contributed by atoms with Crippen LogP contribution >= 0.6 is 0 Å². The van der Waals surface area contributed by atoms with Gasteiger partial charge in [0.15, 0.2) is 5.43 Å². The van der Waals surface area contributed by atoms with E-state index in [0.717, 1.165) is 12.8 Å². The molecule has 2 rings (SSSR count). The summed E-state index contributed by atoms with van der Waals surface area (Å²) in [4.78, 5) is 22.3. The maximum absolute atomic E-state index is 11.3. The van der Waals surface area contributed by atoms with Crippen LogP contribution in [-0.2, 0) is 10.3 Å². The molecule has 0 atom stereocenters. The Kier molecular flexibility index (Phi) is 2.34. The van der Waals surface area contributed by atoms with Gasteiger partial charge in [0.05, 0.1) is 0 Å². The third kappa shape index (κ3) is 1.56. The molecule has 1 aromatic heterocycles. The molecule has 0 radical (unpaired) electrons. The number of aromatic nitrogens is 1. The average molecular weight is 207 g/mol. The van der Waals surface area contributed by atoms with Gasteiger partial charge >= 0.3 is 5.97 Å². The van der Waals surface area contributed by atoms with Gasteiger partial charge in [-0.15, -0.1) is 0 Å². The standard InChI is InChI=1S/C11H13NO3/c13-9-3-7-12(8-4-9)11(10(14)15)5-1-2-6-11/h3-4,7-8H,1-2,5-6H2,(H,14,15). The first-order valence-corrected chi connectivity index (χ1v) is 5.07. The smallest absolute Gasteiger partial charge is 0.329 e. The van der Waals surface area contributed by atoms with Gasteiger partial charge in [-0.2, -0.15) is 0 Å². The van der Waals surface area contributed by atoms with Gasteiger partial charge in [-0.1, -0.05) is 12.8 Å². The first-order chi connectivity index (χ1) is 7.15. The molecule has 0 unspecified atom stereocenters. The van der Waals surface area contributed by atoms with E-state index in [1.165, 1.54) is 12.1 Å². The minimum atomic E-state index is -0.826. The fourth-order valence-corrected chi connectivity index (χ4v) is 2.24. The summed E-state index contributed by atoms with van der Waals surface area (Å²) in [5, 5.41) is 9.29. The highest BCUT2D eigenvalue weighted by Gasteiger charge is 2.42. The van der Waals surface area contributed by atoms with Crippen LogP contribution in [0.5, 0.6) is 0 Å². The number of rotatable bonds is 2. The maximum Gasteiger partial charge on any atom is 0.329 e. The Hall–Kier alpha value is -1.58. The Morgan fingerprint density at radius 3 is 2.27 bits per heavy atom. The van der Waals surface area contributed by atoms with Crippen molar-refractivity contribution in [3.8, 4) is 0 Å². The summed E-state index contributed by atoms with van der Waals surface area (Å²) in [5.41, 5.74) is -0.918. The van der Waals surface area contributed by atoms with Crippen LogP contribution < -0.4 is 5.43 Å². The molecule has 1 aliphatic carbocycles. The summed E-state index contributed by atoms with van der Waals surface area (Å²) in [6.07, 6.45) is 6.29. The topological polar surface area (TPSA) is 59.3 Å². The molecule has 0 spiro atoms. The molecule has 1 N–H and O–H groups in total. The quantitative estimate of drug-likeness (QED) is 0.792. The third-order valence-electron chi connectivity index (χ3n) is 3.12. The van der Waals surface area contributed by atoms with Gasteiger partial charge in [-0.25, -0.2) is 4.79 Å². The minimum absolute atomic E-state index is 0.0928. The van der Waals surface area contributed by atoms with Crippen molar-refractivity contribution in [2.24, 2.45) is 0 Å². The zero-order valence-electron chi connectivity index (χ0n) is 8.35. The number of aliphatic carboxylic acids is 1. The SMILES string of the molecule is O=C(O)C1(n2ccc(=O)cc2)CCCC1. The fourth-order valence-electron chi connectivity index (χ4n) is 2.24. The van der Waals surface area contributed by atoms with Gasteiger partial charge in [-0.05, 0) is 12.8 Å². The van der Waals surface area contributed by atoms with Crippen LogP contribution in [0.25, 0.3) is 0 Å².